The van der Waals surface area contributed by atoms with Gasteiger partial charge >= 0.3 is 5.97 Å². The van der Waals surface area contributed by atoms with E-state index in [1.165, 1.54) is 45.6 Å². The maximum Gasteiger partial charge on any atom is 0.337 e. The van der Waals surface area contributed by atoms with Crippen LogP contribution in [0.15, 0.2) is 18.2 Å². The van der Waals surface area contributed by atoms with Crippen LogP contribution in [0.2, 0.25) is 0 Å². The van der Waals surface area contributed by atoms with Gasteiger partial charge in [-0.2, -0.15) is 5.10 Å². The third-order valence-corrected chi connectivity index (χ3v) is 5.56. The van der Waals surface area contributed by atoms with Crippen LogP contribution in [0.25, 0.3) is 10.9 Å². The van der Waals surface area contributed by atoms with Gasteiger partial charge in [-0.1, -0.05) is 31.7 Å². The average molecular weight is 403 g/mol. The summed E-state index contributed by atoms with van der Waals surface area (Å²) in [6.07, 6.45) is 10.5. The van der Waals surface area contributed by atoms with E-state index >= 15 is 0 Å². The first-order valence-corrected chi connectivity index (χ1v) is 11.0. The number of hydrogen-bond acceptors (Lipinski definition) is 5. The largest absolute Gasteiger partial charge is 0.465 e. The lowest BCUT2D eigenvalue weighted by Crippen LogP contribution is -2.22. The molecule has 0 N–H and O–H groups in total. The summed E-state index contributed by atoms with van der Waals surface area (Å²) in [5.41, 5.74) is 2.58. The molecule has 160 valence electrons. The molecule has 0 aliphatic carbocycles. The number of methoxy groups -OCH3 is 1. The van der Waals surface area contributed by atoms with Crippen molar-refractivity contribution >= 4 is 16.9 Å². The van der Waals surface area contributed by atoms with Crippen LogP contribution in [0.4, 0.5) is 0 Å². The third-order valence-electron chi connectivity index (χ3n) is 5.56. The molecule has 1 aromatic carbocycles. The molecule has 0 spiro atoms. The number of hydrogen-bond donors (Lipinski definition) is 0. The molecule has 6 heteroatoms. The number of carbonyl (C=O) groups excluding carboxylic acids is 1. The highest BCUT2D eigenvalue weighted by Crippen LogP contribution is 2.21. The second kappa shape index (κ2) is 11.3. The molecule has 1 aromatic heterocycles. The van der Waals surface area contributed by atoms with Gasteiger partial charge in [-0.15, -0.1) is 0 Å². The number of rotatable bonds is 11. The molecular formula is C23H34N2O4. The minimum absolute atomic E-state index is 0.0378. The number of nitrogens with zero attached hydrogens (tertiary/aromatic N) is 2. The number of benzene rings is 1. The lowest BCUT2D eigenvalue weighted by atomic mass is 10.1. The van der Waals surface area contributed by atoms with E-state index in [1.54, 1.807) is 6.07 Å². The second-order valence-electron chi connectivity index (χ2n) is 7.82. The van der Waals surface area contributed by atoms with E-state index < -0.39 is 0 Å². The predicted octanol–water partition coefficient (Wildman–Crippen LogP) is 5.02. The monoisotopic (exact) mass is 402 g/mol. The maximum absolute atomic E-state index is 11.8. The Morgan fingerprint density at radius 2 is 1.97 bits per heavy atom. The summed E-state index contributed by atoms with van der Waals surface area (Å²) in [5.74, 6) is -0.309. The Labute approximate surface area is 173 Å². The molecule has 1 aliphatic heterocycles. The van der Waals surface area contributed by atoms with Crippen molar-refractivity contribution in [2.75, 3.05) is 20.3 Å². The molecule has 1 aliphatic rings. The summed E-state index contributed by atoms with van der Waals surface area (Å²) in [6, 6.07) is 5.65. The van der Waals surface area contributed by atoms with Gasteiger partial charge in [0, 0.05) is 25.1 Å². The molecular weight excluding hydrogens is 368 g/mol. The Bertz CT molecular complexity index is 781. The second-order valence-corrected chi connectivity index (χ2v) is 7.82. The third kappa shape index (κ3) is 6.28. The van der Waals surface area contributed by atoms with E-state index in [9.17, 15) is 4.79 Å². The molecule has 3 rings (SSSR count). The number of aromatic nitrogens is 2. The summed E-state index contributed by atoms with van der Waals surface area (Å²) in [5, 5.41) is 5.75. The number of ether oxygens (including phenoxy) is 3. The van der Waals surface area contributed by atoms with E-state index in [2.05, 4.69) is 5.10 Å². The van der Waals surface area contributed by atoms with E-state index in [4.69, 9.17) is 14.2 Å². The highest BCUT2D eigenvalue weighted by molar-refractivity contribution is 5.95. The smallest absolute Gasteiger partial charge is 0.337 e. The fourth-order valence-corrected chi connectivity index (χ4v) is 3.88. The van der Waals surface area contributed by atoms with Crippen molar-refractivity contribution in [3.8, 4) is 0 Å². The molecule has 0 amide bonds. The van der Waals surface area contributed by atoms with Crippen molar-refractivity contribution in [1.82, 2.24) is 9.78 Å². The van der Waals surface area contributed by atoms with Crippen LogP contribution in [0, 0.1) is 6.92 Å². The Kier molecular flexibility index (Phi) is 8.50. The number of carbonyl (C=O) groups is 1. The minimum atomic E-state index is -0.309. The molecule has 0 radical (unpaired) electrons. The highest BCUT2D eigenvalue weighted by atomic mass is 16.7. The molecule has 29 heavy (non-hydrogen) atoms. The molecule has 1 fully saturated rings. The molecule has 1 atom stereocenters. The summed E-state index contributed by atoms with van der Waals surface area (Å²) in [4.78, 5) is 11.8. The predicted molar refractivity (Wildman–Crippen MR) is 113 cm³/mol. The van der Waals surface area contributed by atoms with Gasteiger partial charge < -0.3 is 14.2 Å². The number of aryl methyl sites for hydroxylation is 2. The summed E-state index contributed by atoms with van der Waals surface area (Å²) < 4.78 is 18.2. The zero-order valence-electron chi connectivity index (χ0n) is 17.8. The topological polar surface area (TPSA) is 62.6 Å². The van der Waals surface area contributed by atoms with Crippen LogP contribution < -0.4 is 0 Å². The summed E-state index contributed by atoms with van der Waals surface area (Å²) in [6.45, 7) is 4.54. The average Bonchev–Trinajstić information content (AvgIpc) is 3.07. The summed E-state index contributed by atoms with van der Waals surface area (Å²) in [7, 11) is 1.41. The van der Waals surface area contributed by atoms with Crippen LogP contribution in [0.1, 0.15) is 73.8 Å². The van der Waals surface area contributed by atoms with E-state index in [-0.39, 0.29) is 12.3 Å². The van der Waals surface area contributed by atoms with Crippen molar-refractivity contribution in [1.29, 1.82) is 0 Å². The van der Waals surface area contributed by atoms with Crippen LogP contribution in [0.3, 0.4) is 0 Å². The Morgan fingerprint density at radius 3 is 2.72 bits per heavy atom. The van der Waals surface area contributed by atoms with Gasteiger partial charge in [0.25, 0.3) is 0 Å². The Hall–Kier alpha value is -1.92. The standard InChI is InChI=1S/C23H34N2O4/c1-18-20-13-12-19(23(26)27-2)17-21(20)25(24-18)14-8-5-3-4-6-9-15-28-22-11-7-10-16-29-22/h12-13,17,22H,3-11,14-16H2,1-2H3. The van der Waals surface area contributed by atoms with Gasteiger partial charge in [0.2, 0.25) is 0 Å². The maximum atomic E-state index is 11.8. The quantitative estimate of drug-likeness (QED) is 0.390. The fourth-order valence-electron chi connectivity index (χ4n) is 3.88. The first kappa shape index (κ1) is 21.8. The summed E-state index contributed by atoms with van der Waals surface area (Å²) >= 11 is 0. The molecule has 0 bridgehead atoms. The van der Waals surface area contributed by atoms with Crippen molar-refractivity contribution in [3.05, 3.63) is 29.5 Å². The van der Waals surface area contributed by atoms with Gasteiger partial charge in [-0.3, -0.25) is 4.68 Å². The minimum Gasteiger partial charge on any atom is -0.465 e. The van der Waals surface area contributed by atoms with Crippen LogP contribution in [-0.2, 0) is 20.8 Å². The van der Waals surface area contributed by atoms with Crippen molar-refractivity contribution in [2.24, 2.45) is 0 Å². The molecule has 2 heterocycles. The van der Waals surface area contributed by atoms with Gasteiger partial charge in [0.15, 0.2) is 6.29 Å². The van der Waals surface area contributed by atoms with Crippen LogP contribution in [0.5, 0.6) is 0 Å². The number of unbranched alkanes of at least 4 members (excludes halogenated alkanes) is 5. The molecule has 1 saturated heterocycles. The lowest BCUT2D eigenvalue weighted by Gasteiger charge is -2.22. The normalized spacial score (nSPS) is 17.0. The van der Waals surface area contributed by atoms with Gasteiger partial charge in [0.05, 0.1) is 23.9 Å². The van der Waals surface area contributed by atoms with Crippen molar-refractivity contribution in [2.45, 2.75) is 77.5 Å². The van der Waals surface area contributed by atoms with Crippen molar-refractivity contribution < 1.29 is 19.0 Å². The zero-order valence-corrected chi connectivity index (χ0v) is 17.8. The zero-order chi connectivity index (χ0) is 20.5. The lowest BCUT2D eigenvalue weighted by molar-refractivity contribution is -0.162. The van der Waals surface area contributed by atoms with E-state index in [0.717, 1.165) is 55.6 Å². The first-order valence-electron chi connectivity index (χ1n) is 11.0. The fraction of sp³-hybridized carbons (Fsp3) is 0.652. The van der Waals surface area contributed by atoms with Gasteiger partial charge in [-0.05, 0) is 51.2 Å². The first-order chi connectivity index (χ1) is 14.2. The highest BCUT2D eigenvalue weighted by Gasteiger charge is 2.13. The van der Waals surface area contributed by atoms with Crippen LogP contribution in [-0.4, -0.2) is 42.4 Å². The van der Waals surface area contributed by atoms with Crippen LogP contribution >= 0.6 is 0 Å². The number of esters is 1. The Morgan fingerprint density at radius 1 is 1.17 bits per heavy atom. The molecule has 2 aromatic rings. The van der Waals surface area contributed by atoms with Gasteiger partial charge in [-0.25, -0.2) is 4.79 Å². The van der Waals surface area contributed by atoms with E-state index in [0.29, 0.717) is 5.56 Å². The molecule has 1 unspecified atom stereocenters. The van der Waals surface area contributed by atoms with Crippen molar-refractivity contribution in [3.63, 3.8) is 0 Å². The molecule has 0 saturated carbocycles. The molecule has 6 nitrogen and oxygen atoms in total. The Balaban J connectivity index is 1.34. The SMILES string of the molecule is COC(=O)c1ccc2c(C)nn(CCCCCCCCOC3CCCCO3)c2c1. The van der Waals surface area contributed by atoms with Gasteiger partial charge in [0.1, 0.15) is 0 Å². The van der Waals surface area contributed by atoms with E-state index in [1.807, 2.05) is 23.7 Å². The number of fused-ring (bicyclic) bond motifs is 1.